The first-order valence-corrected chi connectivity index (χ1v) is 6.58. The van der Waals surface area contributed by atoms with Gasteiger partial charge in [-0.1, -0.05) is 37.8 Å². The summed E-state index contributed by atoms with van der Waals surface area (Å²) in [5.74, 6) is 0.0699. The van der Waals surface area contributed by atoms with Gasteiger partial charge < -0.3 is 5.73 Å². The van der Waals surface area contributed by atoms with E-state index in [0.717, 1.165) is 12.8 Å². The van der Waals surface area contributed by atoms with E-state index in [9.17, 15) is 9.18 Å². The highest BCUT2D eigenvalue weighted by Gasteiger charge is 2.36. The lowest BCUT2D eigenvalue weighted by atomic mass is 9.87. The fourth-order valence-electron chi connectivity index (χ4n) is 2.63. The second-order valence-corrected chi connectivity index (χ2v) is 5.40. The second-order valence-electron chi connectivity index (χ2n) is 5.40. The largest absolute Gasteiger partial charge is 0.399 e. The molecule has 0 amide bonds. The van der Waals surface area contributed by atoms with Crippen LogP contribution in [0.5, 0.6) is 0 Å². The molecular formula is C15H20FNO. The summed E-state index contributed by atoms with van der Waals surface area (Å²) in [5, 5.41) is 0. The average Bonchev–Trinajstić information content (AvgIpc) is 2.82. The van der Waals surface area contributed by atoms with Gasteiger partial charge in [0.2, 0.25) is 0 Å². The standard InChI is InChI=1S/C15H20FNO/c1-15(16,12-6-8-13(17)9-7-12)14(18)10-11-4-2-3-5-11/h6-9,11H,2-5,10,17H2,1H3. The van der Waals surface area contributed by atoms with Gasteiger partial charge in [-0.05, 0) is 30.5 Å². The van der Waals surface area contributed by atoms with Crippen LogP contribution >= 0.6 is 0 Å². The Morgan fingerprint density at radius 3 is 2.44 bits per heavy atom. The van der Waals surface area contributed by atoms with Crippen molar-refractivity contribution >= 4 is 11.5 Å². The number of halogens is 1. The Bertz CT molecular complexity index is 419. The molecule has 0 bridgehead atoms. The summed E-state index contributed by atoms with van der Waals surface area (Å²) in [6, 6.07) is 6.47. The SMILES string of the molecule is CC(F)(C(=O)CC1CCCC1)c1ccc(N)cc1. The third kappa shape index (κ3) is 2.71. The van der Waals surface area contributed by atoms with E-state index in [4.69, 9.17) is 5.73 Å². The van der Waals surface area contributed by atoms with Crippen LogP contribution < -0.4 is 5.73 Å². The minimum Gasteiger partial charge on any atom is -0.399 e. The van der Waals surface area contributed by atoms with Crippen molar-refractivity contribution < 1.29 is 9.18 Å². The minimum atomic E-state index is -1.89. The van der Waals surface area contributed by atoms with Gasteiger partial charge in [0.25, 0.3) is 0 Å². The summed E-state index contributed by atoms with van der Waals surface area (Å²) in [5.41, 5.74) is 4.66. The molecule has 3 heteroatoms. The molecule has 1 aromatic rings. The quantitative estimate of drug-likeness (QED) is 0.828. The topological polar surface area (TPSA) is 43.1 Å². The zero-order valence-corrected chi connectivity index (χ0v) is 10.8. The van der Waals surface area contributed by atoms with Gasteiger partial charge in [-0.15, -0.1) is 0 Å². The lowest BCUT2D eigenvalue weighted by Gasteiger charge is -2.21. The molecule has 0 aromatic heterocycles. The van der Waals surface area contributed by atoms with E-state index in [1.807, 2.05) is 0 Å². The molecule has 1 aliphatic carbocycles. The summed E-state index contributed by atoms with van der Waals surface area (Å²) in [6.45, 7) is 1.36. The maximum Gasteiger partial charge on any atom is 0.190 e. The lowest BCUT2D eigenvalue weighted by molar-refractivity contribution is -0.131. The first kappa shape index (κ1) is 13.1. The van der Waals surface area contributed by atoms with E-state index in [-0.39, 0.29) is 5.78 Å². The first-order valence-electron chi connectivity index (χ1n) is 6.58. The number of alkyl halides is 1. The van der Waals surface area contributed by atoms with Gasteiger partial charge in [-0.2, -0.15) is 0 Å². The summed E-state index contributed by atoms with van der Waals surface area (Å²) < 4.78 is 14.6. The lowest BCUT2D eigenvalue weighted by Crippen LogP contribution is -2.28. The molecule has 1 fully saturated rings. The number of ketones is 1. The van der Waals surface area contributed by atoms with E-state index in [0.29, 0.717) is 23.6 Å². The van der Waals surface area contributed by atoms with Gasteiger partial charge in [-0.3, -0.25) is 4.79 Å². The average molecular weight is 249 g/mol. The van der Waals surface area contributed by atoms with Crippen molar-refractivity contribution in [2.45, 2.75) is 44.7 Å². The van der Waals surface area contributed by atoms with Crippen molar-refractivity contribution in [2.24, 2.45) is 5.92 Å². The predicted octanol–water partition coefficient (Wildman–Crippen LogP) is 3.60. The van der Waals surface area contributed by atoms with Crippen molar-refractivity contribution in [2.75, 3.05) is 5.73 Å². The van der Waals surface area contributed by atoms with Gasteiger partial charge in [-0.25, -0.2) is 4.39 Å². The molecule has 1 saturated carbocycles. The van der Waals surface area contributed by atoms with Gasteiger partial charge in [0.05, 0.1) is 0 Å². The van der Waals surface area contributed by atoms with Crippen LogP contribution in [0.4, 0.5) is 10.1 Å². The number of carbonyl (C=O) groups is 1. The highest BCUT2D eigenvalue weighted by molar-refractivity contribution is 5.88. The highest BCUT2D eigenvalue weighted by atomic mass is 19.1. The molecule has 1 atom stereocenters. The fraction of sp³-hybridized carbons (Fsp3) is 0.533. The van der Waals surface area contributed by atoms with E-state index < -0.39 is 5.67 Å². The number of nitrogens with two attached hydrogens (primary N) is 1. The smallest absolute Gasteiger partial charge is 0.190 e. The van der Waals surface area contributed by atoms with Crippen LogP contribution in [0.2, 0.25) is 0 Å². The molecule has 18 heavy (non-hydrogen) atoms. The Balaban J connectivity index is 2.08. The van der Waals surface area contributed by atoms with Crippen molar-refractivity contribution in [3.8, 4) is 0 Å². The van der Waals surface area contributed by atoms with E-state index in [1.165, 1.54) is 19.8 Å². The minimum absolute atomic E-state index is 0.306. The first-order chi connectivity index (χ1) is 8.50. The molecule has 0 spiro atoms. The Hall–Kier alpha value is -1.38. The van der Waals surface area contributed by atoms with Crippen LogP contribution in [-0.4, -0.2) is 5.78 Å². The molecule has 0 heterocycles. The second kappa shape index (κ2) is 5.09. The molecule has 2 rings (SSSR count). The van der Waals surface area contributed by atoms with Crippen LogP contribution in [0.25, 0.3) is 0 Å². The monoisotopic (exact) mass is 249 g/mol. The zero-order valence-electron chi connectivity index (χ0n) is 10.8. The zero-order chi connectivity index (χ0) is 13.2. The summed E-state index contributed by atoms with van der Waals surface area (Å²) in [7, 11) is 0. The fourth-order valence-corrected chi connectivity index (χ4v) is 2.63. The van der Waals surface area contributed by atoms with Crippen LogP contribution in [0.15, 0.2) is 24.3 Å². The van der Waals surface area contributed by atoms with Crippen LogP contribution in [-0.2, 0) is 10.5 Å². The number of rotatable bonds is 4. The Kier molecular flexibility index (Phi) is 3.69. The summed E-state index contributed by atoms with van der Waals surface area (Å²) in [6.07, 6.45) is 4.82. The number of Topliss-reactive ketones (excluding diaryl/α,β-unsaturated/α-hetero) is 1. The van der Waals surface area contributed by atoms with Crippen LogP contribution in [0.3, 0.4) is 0 Å². The predicted molar refractivity (Wildman–Crippen MR) is 70.9 cm³/mol. The molecule has 2 N–H and O–H groups in total. The molecule has 0 radical (unpaired) electrons. The van der Waals surface area contributed by atoms with Gasteiger partial charge in [0.1, 0.15) is 0 Å². The number of carbonyl (C=O) groups excluding carboxylic acids is 1. The molecule has 2 nitrogen and oxygen atoms in total. The maximum atomic E-state index is 14.6. The summed E-state index contributed by atoms with van der Waals surface area (Å²) in [4.78, 5) is 12.1. The van der Waals surface area contributed by atoms with Crippen molar-refractivity contribution in [1.82, 2.24) is 0 Å². The summed E-state index contributed by atoms with van der Waals surface area (Å²) >= 11 is 0. The Labute approximate surface area is 107 Å². The highest BCUT2D eigenvalue weighted by Crippen LogP contribution is 2.34. The van der Waals surface area contributed by atoms with Gasteiger partial charge >= 0.3 is 0 Å². The maximum absolute atomic E-state index is 14.6. The third-order valence-electron chi connectivity index (χ3n) is 3.93. The number of anilines is 1. The van der Waals surface area contributed by atoms with Gasteiger partial charge in [0.15, 0.2) is 11.5 Å². The van der Waals surface area contributed by atoms with E-state index in [2.05, 4.69) is 0 Å². The third-order valence-corrected chi connectivity index (χ3v) is 3.93. The van der Waals surface area contributed by atoms with Crippen molar-refractivity contribution in [1.29, 1.82) is 0 Å². The number of hydrogen-bond donors (Lipinski definition) is 1. The van der Waals surface area contributed by atoms with Crippen molar-refractivity contribution in [3.05, 3.63) is 29.8 Å². The molecular weight excluding hydrogens is 229 g/mol. The number of nitrogen functional groups attached to an aromatic ring is 1. The molecule has 0 aliphatic heterocycles. The Morgan fingerprint density at radius 2 is 1.89 bits per heavy atom. The van der Waals surface area contributed by atoms with E-state index in [1.54, 1.807) is 24.3 Å². The normalized spacial score (nSPS) is 19.7. The molecule has 1 aliphatic rings. The molecule has 0 saturated heterocycles. The molecule has 98 valence electrons. The molecule has 1 aromatic carbocycles. The van der Waals surface area contributed by atoms with Crippen molar-refractivity contribution in [3.63, 3.8) is 0 Å². The Morgan fingerprint density at radius 1 is 1.33 bits per heavy atom. The van der Waals surface area contributed by atoms with E-state index >= 15 is 0 Å². The number of benzene rings is 1. The van der Waals surface area contributed by atoms with Gasteiger partial charge in [0, 0.05) is 12.1 Å². The van der Waals surface area contributed by atoms with Crippen LogP contribution in [0.1, 0.15) is 44.6 Å². The van der Waals surface area contributed by atoms with Crippen LogP contribution in [0, 0.1) is 5.92 Å². The number of hydrogen-bond acceptors (Lipinski definition) is 2. The molecule has 1 unspecified atom stereocenters.